The van der Waals surface area contributed by atoms with Crippen LogP contribution < -0.4 is 10.1 Å². The van der Waals surface area contributed by atoms with E-state index in [-0.39, 0.29) is 11.4 Å². The number of hydrogen-bond donors (Lipinski definition) is 2. The fraction of sp³-hybridized carbons (Fsp3) is 0.286. The topological polar surface area (TPSA) is 75.6 Å². The molecule has 0 radical (unpaired) electrons. The van der Waals surface area contributed by atoms with Crippen LogP contribution in [0.25, 0.3) is 0 Å². The molecule has 0 saturated heterocycles. The van der Waals surface area contributed by atoms with Crippen LogP contribution in [0.5, 0.6) is 5.75 Å². The molecule has 2 N–H and O–H groups in total. The maximum atomic E-state index is 11.5. The lowest BCUT2D eigenvalue weighted by Crippen LogP contribution is -2.23. The second-order valence-corrected chi connectivity index (χ2v) is 4.23. The molecule has 1 atom stereocenters. The number of hydrogen-bond acceptors (Lipinski definition) is 4. The number of ketones is 1. The minimum absolute atomic E-state index is 0.106. The highest BCUT2D eigenvalue weighted by Gasteiger charge is 2.35. The first kappa shape index (κ1) is 13.1. The molecule has 1 amide bonds. The average molecular weight is 261 g/mol. The second-order valence-electron chi connectivity index (χ2n) is 4.23. The molecule has 0 fully saturated rings. The Morgan fingerprint density at radius 3 is 2.53 bits per heavy atom. The molecule has 1 aliphatic heterocycles. The van der Waals surface area contributed by atoms with Crippen molar-refractivity contribution in [2.45, 2.75) is 19.9 Å². The number of benzene rings is 1. The zero-order valence-corrected chi connectivity index (χ0v) is 10.8. The van der Waals surface area contributed by atoms with Gasteiger partial charge in [0.2, 0.25) is 0 Å². The van der Waals surface area contributed by atoms with Crippen LogP contribution in [0.1, 0.15) is 25.5 Å². The third-order valence-corrected chi connectivity index (χ3v) is 2.94. The van der Waals surface area contributed by atoms with Crippen molar-refractivity contribution >= 4 is 11.7 Å². The van der Waals surface area contributed by atoms with E-state index in [2.05, 4.69) is 5.32 Å². The number of carbonyl (C=O) groups excluding carboxylic acids is 2. The zero-order valence-electron chi connectivity index (χ0n) is 10.8. The van der Waals surface area contributed by atoms with Crippen LogP contribution in [0.4, 0.5) is 0 Å². The zero-order chi connectivity index (χ0) is 14.0. The second kappa shape index (κ2) is 5.14. The van der Waals surface area contributed by atoms with E-state index >= 15 is 0 Å². The number of rotatable bonds is 4. The van der Waals surface area contributed by atoms with Crippen molar-refractivity contribution in [1.82, 2.24) is 5.32 Å². The van der Waals surface area contributed by atoms with E-state index in [4.69, 9.17) is 4.74 Å². The highest BCUT2D eigenvalue weighted by molar-refractivity contribution is 6.08. The van der Waals surface area contributed by atoms with E-state index in [0.717, 1.165) is 5.56 Å². The molecule has 1 heterocycles. The molecule has 1 unspecified atom stereocenters. The molecule has 0 aliphatic carbocycles. The van der Waals surface area contributed by atoms with Gasteiger partial charge in [0.1, 0.15) is 5.75 Å². The van der Waals surface area contributed by atoms with Gasteiger partial charge in [-0.2, -0.15) is 0 Å². The first-order valence-corrected chi connectivity index (χ1v) is 6.02. The van der Waals surface area contributed by atoms with Gasteiger partial charge in [0.05, 0.1) is 18.2 Å². The molecule has 0 spiro atoms. The molecule has 5 nitrogen and oxygen atoms in total. The third kappa shape index (κ3) is 2.45. The maximum Gasteiger partial charge on any atom is 0.287 e. The minimum Gasteiger partial charge on any atom is -0.503 e. The van der Waals surface area contributed by atoms with Crippen LogP contribution in [0.2, 0.25) is 0 Å². The van der Waals surface area contributed by atoms with E-state index in [9.17, 15) is 14.7 Å². The van der Waals surface area contributed by atoms with Gasteiger partial charge in [-0.3, -0.25) is 9.59 Å². The summed E-state index contributed by atoms with van der Waals surface area (Å²) >= 11 is 0. The third-order valence-electron chi connectivity index (χ3n) is 2.94. The molecule has 19 heavy (non-hydrogen) atoms. The summed E-state index contributed by atoms with van der Waals surface area (Å²) in [5, 5.41) is 12.2. The summed E-state index contributed by atoms with van der Waals surface area (Å²) < 4.78 is 5.32. The highest BCUT2D eigenvalue weighted by Crippen LogP contribution is 2.30. The van der Waals surface area contributed by atoms with Crippen LogP contribution in [0.3, 0.4) is 0 Å². The lowest BCUT2D eigenvalue weighted by atomic mass is 9.98. The SMILES string of the molecule is CCOc1ccc(C2NC(=O)C(O)=C2C(C)=O)cc1. The molecule has 1 aliphatic rings. The molecule has 1 aromatic carbocycles. The molecule has 2 rings (SSSR count). The molecule has 0 aromatic heterocycles. The largest absolute Gasteiger partial charge is 0.503 e. The average Bonchev–Trinajstić information content (AvgIpc) is 2.67. The number of Topliss-reactive ketones (excluding diaryl/α,β-unsaturated/α-hetero) is 1. The van der Waals surface area contributed by atoms with Crippen LogP contribution in [0, 0.1) is 0 Å². The molecule has 1 aromatic rings. The summed E-state index contributed by atoms with van der Waals surface area (Å²) in [7, 11) is 0. The van der Waals surface area contributed by atoms with Crippen LogP contribution >= 0.6 is 0 Å². The van der Waals surface area contributed by atoms with Crippen molar-refractivity contribution in [2.75, 3.05) is 6.61 Å². The van der Waals surface area contributed by atoms with Gasteiger partial charge in [-0.15, -0.1) is 0 Å². The molecule has 5 heteroatoms. The minimum atomic E-state index is -0.621. The van der Waals surface area contributed by atoms with Gasteiger partial charge in [-0.25, -0.2) is 0 Å². The Morgan fingerprint density at radius 1 is 1.37 bits per heavy atom. The summed E-state index contributed by atoms with van der Waals surface area (Å²) in [4.78, 5) is 23.0. The predicted octanol–water partition coefficient (Wildman–Crippen LogP) is 1.66. The fourth-order valence-corrected chi connectivity index (χ4v) is 2.07. The molecular weight excluding hydrogens is 246 g/mol. The highest BCUT2D eigenvalue weighted by atomic mass is 16.5. The summed E-state index contributed by atoms with van der Waals surface area (Å²) in [5.74, 6) is -0.724. The summed E-state index contributed by atoms with van der Waals surface area (Å²) in [6.45, 7) is 3.78. The van der Waals surface area contributed by atoms with Gasteiger partial charge in [0.25, 0.3) is 5.91 Å². The summed E-state index contributed by atoms with van der Waals surface area (Å²) in [6.07, 6.45) is 0. The number of carbonyl (C=O) groups is 2. The van der Waals surface area contributed by atoms with Crippen molar-refractivity contribution < 1.29 is 19.4 Å². The lowest BCUT2D eigenvalue weighted by molar-refractivity contribution is -0.119. The van der Waals surface area contributed by atoms with Crippen molar-refractivity contribution in [1.29, 1.82) is 0 Å². The molecule has 100 valence electrons. The first-order chi connectivity index (χ1) is 9.04. The number of nitrogens with one attached hydrogen (secondary N) is 1. The Labute approximate surface area is 110 Å². The van der Waals surface area contributed by atoms with Crippen LogP contribution in [-0.2, 0) is 9.59 Å². The quantitative estimate of drug-likeness (QED) is 0.864. The van der Waals surface area contributed by atoms with Gasteiger partial charge >= 0.3 is 0 Å². The van der Waals surface area contributed by atoms with Crippen molar-refractivity contribution in [3.05, 3.63) is 41.2 Å². The van der Waals surface area contributed by atoms with Gasteiger partial charge in [-0.1, -0.05) is 12.1 Å². The van der Waals surface area contributed by atoms with Crippen molar-refractivity contribution in [3.63, 3.8) is 0 Å². The molecular formula is C14H15NO4. The van der Waals surface area contributed by atoms with Gasteiger partial charge in [0.15, 0.2) is 11.5 Å². The van der Waals surface area contributed by atoms with E-state index in [1.165, 1.54) is 6.92 Å². The number of ether oxygens (including phenoxy) is 1. The van der Waals surface area contributed by atoms with Crippen molar-refractivity contribution in [2.24, 2.45) is 0 Å². The van der Waals surface area contributed by atoms with E-state index in [0.29, 0.717) is 12.4 Å². The Kier molecular flexibility index (Phi) is 3.55. The number of amides is 1. The number of aliphatic hydroxyl groups is 1. The predicted molar refractivity (Wildman–Crippen MR) is 68.8 cm³/mol. The Balaban J connectivity index is 2.32. The molecule has 0 bridgehead atoms. The fourth-order valence-electron chi connectivity index (χ4n) is 2.07. The van der Waals surface area contributed by atoms with Crippen LogP contribution in [-0.4, -0.2) is 23.4 Å². The maximum absolute atomic E-state index is 11.5. The Hall–Kier alpha value is -2.30. The lowest BCUT2D eigenvalue weighted by Gasteiger charge is -2.14. The molecule has 0 saturated carbocycles. The van der Waals surface area contributed by atoms with E-state index in [1.54, 1.807) is 24.3 Å². The first-order valence-electron chi connectivity index (χ1n) is 6.02. The smallest absolute Gasteiger partial charge is 0.287 e. The monoisotopic (exact) mass is 261 g/mol. The van der Waals surface area contributed by atoms with Crippen LogP contribution in [0.15, 0.2) is 35.6 Å². The van der Waals surface area contributed by atoms with E-state index in [1.807, 2.05) is 6.92 Å². The Bertz CT molecular complexity index is 545. The number of aliphatic hydroxyl groups excluding tert-OH is 1. The van der Waals surface area contributed by atoms with Gasteiger partial charge in [0, 0.05) is 0 Å². The van der Waals surface area contributed by atoms with Gasteiger partial charge in [-0.05, 0) is 31.5 Å². The normalized spacial score (nSPS) is 18.4. The van der Waals surface area contributed by atoms with Crippen molar-refractivity contribution in [3.8, 4) is 5.75 Å². The van der Waals surface area contributed by atoms with E-state index < -0.39 is 17.7 Å². The standard InChI is InChI=1S/C14H15NO4/c1-3-19-10-6-4-9(5-7-10)12-11(8(2)16)13(17)14(18)15-12/h4-7,12,17H,3H2,1-2H3,(H,15,18). The Morgan fingerprint density at radius 2 is 2.00 bits per heavy atom. The summed E-state index contributed by atoms with van der Waals surface area (Å²) in [5.41, 5.74) is 0.834. The van der Waals surface area contributed by atoms with Gasteiger partial charge < -0.3 is 15.2 Å². The summed E-state index contributed by atoms with van der Waals surface area (Å²) in [6, 6.07) is 6.45.